The number of carbonyl (C=O) groups is 2. The lowest BCUT2D eigenvalue weighted by molar-refractivity contribution is -0.133. The molecule has 0 fully saturated rings. The van der Waals surface area contributed by atoms with Crippen LogP contribution in [0.4, 0.5) is 0 Å². The molecule has 3 rings (SSSR count). The molecular formula is C29H39N3O4. The molecule has 1 aromatic carbocycles. The molecule has 2 amide bonds. The standard InChI is InChI=1S/C29H39N3O4/c1-4-5-6-10-24-13-15-25(16-14-24)29(34)31(18-9-19-35-3)23-28(33)32(22-27-12-8-20-36-27)21-26-11-7-17-30(26)2/h7-8,11-17,20H,4-6,9-10,18-19,21-23H2,1-3H3. The van der Waals surface area contributed by atoms with Gasteiger partial charge in [0.15, 0.2) is 0 Å². The van der Waals surface area contributed by atoms with E-state index in [0.29, 0.717) is 44.0 Å². The van der Waals surface area contributed by atoms with Crippen LogP contribution in [0, 0.1) is 0 Å². The van der Waals surface area contributed by atoms with Crippen molar-refractivity contribution in [2.45, 2.75) is 52.1 Å². The number of unbranched alkanes of at least 4 members (excludes halogenated alkanes) is 2. The van der Waals surface area contributed by atoms with Crippen molar-refractivity contribution in [2.24, 2.45) is 7.05 Å². The number of amides is 2. The van der Waals surface area contributed by atoms with Crippen LogP contribution in [0.3, 0.4) is 0 Å². The first-order valence-corrected chi connectivity index (χ1v) is 12.8. The van der Waals surface area contributed by atoms with Crippen LogP contribution in [0.25, 0.3) is 0 Å². The van der Waals surface area contributed by atoms with Gasteiger partial charge in [0, 0.05) is 44.8 Å². The molecule has 7 heteroatoms. The third kappa shape index (κ3) is 8.12. The normalized spacial score (nSPS) is 11.0. The van der Waals surface area contributed by atoms with Crippen molar-refractivity contribution >= 4 is 11.8 Å². The van der Waals surface area contributed by atoms with E-state index >= 15 is 0 Å². The van der Waals surface area contributed by atoms with Gasteiger partial charge in [-0.1, -0.05) is 31.9 Å². The molecule has 36 heavy (non-hydrogen) atoms. The largest absolute Gasteiger partial charge is 0.467 e. The molecule has 0 spiro atoms. The summed E-state index contributed by atoms with van der Waals surface area (Å²) in [6.07, 6.45) is 8.76. The first kappa shape index (κ1) is 27.3. The van der Waals surface area contributed by atoms with E-state index in [9.17, 15) is 9.59 Å². The first-order chi connectivity index (χ1) is 17.5. The summed E-state index contributed by atoms with van der Waals surface area (Å²) >= 11 is 0. The van der Waals surface area contributed by atoms with E-state index in [1.165, 1.54) is 18.4 Å². The zero-order valence-corrected chi connectivity index (χ0v) is 21.8. The highest BCUT2D eigenvalue weighted by atomic mass is 16.5. The van der Waals surface area contributed by atoms with E-state index in [-0.39, 0.29) is 18.4 Å². The number of hydrogen-bond acceptors (Lipinski definition) is 4. The predicted molar refractivity (Wildman–Crippen MR) is 140 cm³/mol. The molecule has 0 aliphatic rings. The summed E-state index contributed by atoms with van der Waals surface area (Å²) in [6, 6.07) is 15.4. The fourth-order valence-corrected chi connectivity index (χ4v) is 4.17. The second kappa shape index (κ2) is 14.3. The topological polar surface area (TPSA) is 67.9 Å². The minimum atomic E-state index is -0.142. The molecule has 0 atom stereocenters. The summed E-state index contributed by atoms with van der Waals surface area (Å²) in [4.78, 5) is 30.4. The lowest BCUT2D eigenvalue weighted by atomic mass is 10.0. The van der Waals surface area contributed by atoms with E-state index in [1.807, 2.05) is 66.3 Å². The number of benzene rings is 1. The summed E-state index contributed by atoms with van der Waals surface area (Å²) in [7, 11) is 3.59. The number of aryl methyl sites for hydroxylation is 2. The molecule has 194 valence electrons. The van der Waals surface area contributed by atoms with E-state index in [1.54, 1.807) is 23.2 Å². The van der Waals surface area contributed by atoms with Gasteiger partial charge in [0.2, 0.25) is 5.91 Å². The van der Waals surface area contributed by atoms with Crippen LogP contribution in [-0.2, 0) is 36.1 Å². The van der Waals surface area contributed by atoms with Crippen LogP contribution < -0.4 is 0 Å². The molecule has 0 saturated carbocycles. The van der Waals surface area contributed by atoms with Crippen LogP contribution >= 0.6 is 0 Å². The molecule has 0 aliphatic heterocycles. The third-order valence-corrected chi connectivity index (χ3v) is 6.34. The molecule has 0 unspecified atom stereocenters. The first-order valence-electron chi connectivity index (χ1n) is 12.8. The SMILES string of the molecule is CCCCCc1ccc(C(=O)N(CCCOC)CC(=O)N(Cc2ccco2)Cc2cccn2C)cc1. The fourth-order valence-electron chi connectivity index (χ4n) is 4.17. The number of ether oxygens (including phenoxy) is 1. The molecule has 2 heterocycles. The Morgan fingerprint density at radius 3 is 2.42 bits per heavy atom. The predicted octanol–water partition coefficient (Wildman–Crippen LogP) is 5.06. The fraction of sp³-hybridized carbons (Fsp3) is 0.448. The van der Waals surface area contributed by atoms with E-state index in [4.69, 9.17) is 9.15 Å². The summed E-state index contributed by atoms with van der Waals surface area (Å²) < 4.78 is 12.7. The number of aromatic nitrogens is 1. The van der Waals surface area contributed by atoms with Gasteiger partial charge in [-0.25, -0.2) is 0 Å². The van der Waals surface area contributed by atoms with Crippen LogP contribution in [0.2, 0.25) is 0 Å². The van der Waals surface area contributed by atoms with Crippen LogP contribution in [-0.4, -0.2) is 53.0 Å². The second-order valence-corrected chi connectivity index (χ2v) is 9.17. The minimum Gasteiger partial charge on any atom is -0.467 e. The number of methoxy groups -OCH3 is 1. The molecule has 3 aromatic rings. The molecule has 0 aliphatic carbocycles. The Bertz CT molecular complexity index is 1060. The maximum absolute atomic E-state index is 13.5. The van der Waals surface area contributed by atoms with Gasteiger partial charge < -0.3 is 23.5 Å². The Labute approximate surface area is 214 Å². The van der Waals surface area contributed by atoms with Gasteiger partial charge in [-0.05, 0) is 61.2 Å². The van der Waals surface area contributed by atoms with Gasteiger partial charge in [-0.3, -0.25) is 9.59 Å². The van der Waals surface area contributed by atoms with Crippen molar-refractivity contribution in [1.82, 2.24) is 14.4 Å². The van der Waals surface area contributed by atoms with Crippen molar-refractivity contribution in [3.05, 3.63) is 83.6 Å². The summed E-state index contributed by atoms with van der Waals surface area (Å²) in [5.41, 5.74) is 2.83. The zero-order valence-electron chi connectivity index (χ0n) is 21.8. The maximum atomic E-state index is 13.5. The van der Waals surface area contributed by atoms with Gasteiger partial charge in [-0.15, -0.1) is 0 Å². The van der Waals surface area contributed by atoms with Crippen molar-refractivity contribution in [2.75, 3.05) is 26.8 Å². The molecule has 2 aromatic heterocycles. The highest BCUT2D eigenvalue weighted by Crippen LogP contribution is 2.15. The number of carbonyl (C=O) groups excluding carboxylic acids is 2. The van der Waals surface area contributed by atoms with Gasteiger partial charge >= 0.3 is 0 Å². The van der Waals surface area contributed by atoms with E-state index in [0.717, 1.165) is 18.5 Å². The van der Waals surface area contributed by atoms with Gasteiger partial charge in [0.05, 0.1) is 19.4 Å². The van der Waals surface area contributed by atoms with Gasteiger partial charge in [0.25, 0.3) is 5.91 Å². The van der Waals surface area contributed by atoms with Crippen molar-refractivity contribution in [3.63, 3.8) is 0 Å². The summed E-state index contributed by atoms with van der Waals surface area (Å²) in [6.45, 7) is 3.91. The van der Waals surface area contributed by atoms with Crippen molar-refractivity contribution in [3.8, 4) is 0 Å². The lowest BCUT2D eigenvalue weighted by Gasteiger charge is -2.27. The summed E-state index contributed by atoms with van der Waals surface area (Å²) in [5, 5.41) is 0. The van der Waals surface area contributed by atoms with Crippen LogP contribution in [0.15, 0.2) is 65.4 Å². The number of furan rings is 1. The third-order valence-electron chi connectivity index (χ3n) is 6.34. The maximum Gasteiger partial charge on any atom is 0.254 e. The van der Waals surface area contributed by atoms with Crippen LogP contribution in [0.5, 0.6) is 0 Å². The number of rotatable bonds is 15. The smallest absolute Gasteiger partial charge is 0.254 e. The van der Waals surface area contributed by atoms with Gasteiger partial charge in [0.1, 0.15) is 12.3 Å². The number of hydrogen-bond donors (Lipinski definition) is 0. The van der Waals surface area contributed by atoms with Crippen molar-refractivity contribution < 1.29 is 18.7 Å². The molecule has 7 nitrogen and oxygen atoms in total. The molecule has 0 bridgehead atoms. The van der Waals surface area contributed by atoms with Gasteiger partial charge in [-0.2, -0.15) is 0 Å². The summed E-state index contributed by atoms with van der Waals surface area (Å²) in [5.74, 6) is 0.430. The van der Waals surface area contributed by atoms with Crippen molar-refractivity contribution in [1.29, 1.82) is 0 Å². The Morgan fingerprint density at radius 1 is 0.972 bits per heavy atom. The Balaban J connectivity index is 1.74. The molecule has 0 N–H and O–H groups in total. The van der Waals surface area contributed by atoms with Crippen LogP contribution in [0.1, 0.15) is 60.0 Å². The quantitative estimate of drug-likeness (QED) is 0.278. The Hall–Kier alpha value is -3.32. The average molecular weight is 494 g/mol. The Kier molecular flexibility index (Phi) is 10.8. The van der Waals surface area contributed by atoms with E-state index < -0.39 is 0 Å². The molecule has 0 saturated heterocycles. The number of nitrogens with zero attached hydrogens (tertiary/aromatic N) is 3. The highest BCUT2D eigenvalue weighted by Gasteiger charge is 2.24. The zero-order chi connectivity index (χ0) is 25.8. The minimum absolute atomic E-state index is 0.00801. The van der Waals surface area contributed by atoms with E-state index in [2.05, 4.69) is 6.92 Å². The monoisotopic (exact) mass is 493 g/mol. The second-order valence-electron chi connectivity index (χ2n) is 9.17. The highest BCUT2D eigenvalue weighted by molar-refractivity contribution is 5.96. The molecule has 0 radical (unpaired) electrons. The molecular weight excluding hydrogens is 454 g/mol. The lowest BCUT2D eigenvalue weighted by Crippen LogP contribution is -2.43. The average Bonchev–Trinajstić information content (AvgIpc) is 3.55. The Morgan fingerprint density at radius 2 is 1.78 bits per heavy atom.